The molecule has 3 rings (SSSR count). The first-order chi connectivity index (χ1) is 9.63. The second kappa shape index (κ2) is 5.68. The number of nitrogens with zero attached hydrogens (tertiary/aromatic N) is 1. The predicted octanol–water partition coefficient (Wildman–Crippen LogP) is 3.69. The van der Waals surface area contributed by atoms with Crippen LogP contribution in [0.1, 0.15) is 4.88 Å². The standard InChI is InChI=1S/C15H14BrNO2S/c16-13-4-2-1-3-12(13)14-6-5-11(20-14)9-17-7-10(8-17)15(18)19/h1-6,10H,7-9H2,(H,18,19). The minimum absolute atomic E-state index is 0.183. The molecule has 1 aromatic carbocycles. The number of hydrogen-bond acceptors (Lipinski definition) is 3. The zero-order valence-electron chi connectivity index (χ0n) is 10.8. The van der Waals surface area contributed by atoms with Gasteiger partial charge in [0.15, 0.2) is 0 Å². The number of benzene rings is 1. The Bertz CT molecular complexity index is 634. The first-order valence-electron chi connectivity index (χ1n) is 6.42. The highest BCUT2D eigenvalue weighted by molar-refractivity contribution is 9.10. The number of rotatable bonds is 4. The van der Waals surface area contributed by atoms with E-state index >= 15 is 0 Å². The van der Waals surface area contributed by atoms with Gasteiger partial charge in [-0.2, -0.15) is 0 Å². The second-order valence-electron chi connectivity index (χ2n) is 4.98. The van der Waals surface area contributed by atoms with E-state index in [0.717, 1.165) is 11.0 Å². The van der Waals surface area contributed by atoms with Crippen molar-refractivity contribution in [3.63, 3.8) is 0 Å². The Balaban J connectivity index is 1.66. The first-order valence-corrected chi connectivity index (χ1v) is 8.03. The summed E-state index contributed by atoms with van der Waals surface area (Å²) in [4.78, 5) is 15.5. The molecule has 1 aliphatic rings. The van der Waals surface area contributed by atoms with Gasteiger partial charge in [0.05, 0.1) is 5.92 Å². The van der Waals surface area contributed by atoms with Crippen molar-refractivity contribution in [2.45, 2.75) is 6.54 Å². The van der Waals surface area contributed by atoms with Crippen molar-refractivity contribution in [2.24, 2.45) is 5.92 Å². The number of carboxylic acids is 1. The van der Waals surface area contributed by atoms with Crippen LogP contribution in [0.25, 0.3) is 10.4 Å². The summed E-state index contributed by atoms with van der Waals surface area (Å²) in [5.41, 5.74) is 1.20. The Morgan fingerprint density at radius 3 is 2.75 bits per heavy atom. The Labute approximate surface area is 130 Å². The van der Waals surface area contributed by atoms with Crippen LogP contribution in [0, 0.1) is 5.92 Å². The van der Waals surface area contributed by atoms with Gasteiger partial charge in [0.1, 0.15) is 0 Å². The lowest BCUT2D eigenvalue weighted by Gasteiger charge is -2.36. The fourth-order valence-corrected chi connectivity index (χ4v) is 4.06. The van der Waals surface area contributed by atoms with Crippen LogP contribution in [-0.4, -0.2) is 29.1 Å². The average molecular weight is 352 g/mol. The maximum atomic E-state index is 10.8. The summed E-state index contributed by atoms with van der Waals surface area (Å²) < 4.78 is 1.10. The summed E-state index contributed by atoms with van der Waals surface area (Å²) in [6.07, 6.45) is 0. The van der Waals surface area contributed by atoms with E-state index in [0.29, 0.717) is 13.1 Å². The molecule has 2 aromatic rings. The third-order valence-electron chi connectivity index (χ3n) is 3.49. The summed E-state index contributed by atoms with van der Waals surface area (Å²) in [7, 11) is 0. The molecule has 5 heteroatoms. The Kier molecular flexibility index (Phi) is 3.92. The highest BCUT2D eigenvalue weighted by Gasteiger charge is 2.32. The Hall–Kier alpha value is -1.17. The minimum atomic E-state index is -0.679. The lowest BCUT2D eigenvalue weighted by Crippen LogP contribution is -2.49. The van der Waals surface area contributed by atoms with E-state index in [2.05, 4.69) is 39.0 Å². The van der Waals surface area contributed by atoms with Crippen LogP contribution in [-0.2, 0) is 11.3 Å². The molecule has 1 aliphatic heterocycles. The van der Waals surface area contributed by atoms with Crippen molar-refractivity contribution in [1.82, 2.24) is 4.90 Å². The largest absolute Gasteiger partial charge is 0.481 e. The van der Waals surface area contributed by atoms with Crippen LogP contribution in [0.5, 0.6) is 0 Å². The number of halogens is 1. The molecule has 0 unspecified atom stereocenters. The highest BCUT2D eigenvalue weighted by Crippen LogP contribution is 2.34. The molecule has 2 heterocycles. The molecule has 0 aliphatic carbocycles. The van der Waals surface area contributed by atoms with Crippen LogP contribution in [0.4, 0.5) is 0 Å². The van der Waals surface area contributed by atoms with Crippen LogP contribution in [0.2, 0.25) is 0 Å². The maximum Gasteiger partial charge on any atom is 0.309 e. The number of aliphatic carboxylic acids is 1. The van der Waals surface area contributed by atoms with Crippen LogP contribution >= 0.6 is 27.3 Å². The molecule has 0 bridgehead atoms. The molecule has 0 spiro atoms. The molecule has 104 valence electrons. The molecule has 0 atom stereocenters. The molecule has 1 fully saturated rings. The number of hydrogen-bond donors (Lipinski definition) is 1. The molecule has 20 heavy (non-hydrogen) atoms. The quantitative estimate of drug-likeness (QED) is 0.912. The van der Waals surface area contributed by atoms with Crippen LogP contribution in [0.3, 0.4) is 0 Å². The van der Waals surface area contributed by atoms with E-state index < -0.39 is 5.97 Å². The molecular weight excluding hydrogens is 338 g/mol. The number of carboxylic acid groups (broad SMARTS) is 1. The van der Waals surface area contributed by atoms with Crippen molar-refractivity contribution in [3.05, 3.63) is 45.7 Å². The fourth-order valence-electron chi connectivity index (χ4n) is 2.34. The van der Waals surface area contributed by atoms with E-state index in [-0.39, 0.29) is 5.92 Å². The van der Waals surface area contributed by atoms with Crippen molar-refractivity contribution in [2.75, 3.05) is 13.1 Å². The highest BCUT2D eigenvalue weighted by atomic mass is 79.9. The van der Waals surface area contributed by atoms with Gasteiger partial charge >= 0.3 is 5.97 Å². The smallest absolute Gasteiger partial charge is 0.309 e. The topological polar surface area (TPSA) is 40.5 Å². The van der Waals surface area contributed by atoms with E-state index in [4.69, 9.17) is 5.11 Å². The van der Waals surface area contributed by atoms with Gasteiger partial charge in [-0.25, -0.2) is 0 Å². The third-order valence-corrected chi connectivity index (χ3v) is 5.28. The second-order valence-corrected chi connectivity index (χ2v) is 7.00. The van der Waals surface area contributed by atoms with Gasteiger partial charge in [-0.05, 0) is 18.2 Å². The first kappa shape index (κ1) is 13.8. The van der Waals surface area contributed by atoms with Gasteiger partial charge in [0.25, 0.3) is 0 Å². The molecule has 0 amide bonds. The minimum Gasteiger partial charge on any atom is -0.481 e. The zero-order valence-corrected chi connectivity index (χ0v) is 13.2. The molecule has 1 aromatic heterocycles. The molecule has 0 saturated carbocycles. The summed E-state index contributed by atoms with van der Waals surface area (Å²) in [6, 6.07) is 12.5. The summed E-state index contributed by atoms with van der Waals surface area (Å²) in [5.74, 6) is -0.862. The Morgan fingerprint density at radius 1 is 1.30 bits per heavy atom. The van der Waals surface area contributed by atoms with E-state index in [1.165, 1.54) is 15.3 Å². The van der Waals surface area contributed by atoms with E-state index in [1.807, 2.05) is 18.2 Å². The van der Waals surface area contributed by atoms with Gasteiger partial charge in [-0.15, -0.1) is 11.3 Å². The zero-order chi connectivity index (χ0) is 14.1. The summed E-state index contributed by atoms with van der Waals surface area (Å²) in [6.45, 7) is 2.17. The molecule has 3 nitrogen and oxygen atoms in total. The predicted molar refractivity (Wildman–Crippen MR) is 83.9 cm³/mol. The number of thiophene rings is 1. The van der Waals surface area contributed by atoms with Crippen LogP contribution in [0.15, 0.2) is 40.9 Å². The van der Waals surface area contributed by atoms with Gasteiger partial charge in [0.2, 0.25) is 0 Å². The molecule has 1 N–H and O–H groups in total. The van der Waals surface area contributed by atoms with Crippen molar-refractivity contribution in [3.8, 4) is 10.4 Å². The summed E-state index contributed by atoms with van der Waals surface area (Å²) >= 11 is 5.34. The maximum absolute atomic E-state index is 10.8. The lowest BCUT2D eigenvalue weighted by molar-refractivity contribution is -0.147. The third kappa shape index (κ3) is 2.80. The van der Waals surface area contributed by atoms with Crippen molar-refractivity contribution < 1.29 is 9.90 Å². The normalized spacial score (nSPS) is 16.1. The number of likely N-dealkylation sites (tertiary alicyclic amines) is 1. The Morgan fingerprint density at radius 2 is 2.05 bits per heavy atom. The lowest BCUT2D eigenvalue weighted by atomic mass is 10.0. The average Bonchev–Trinajstić information content (AvgIpc) is 2.81. The SMILES string of the molecule is O=C(O)C1CN(Cc2ccc(-c3ccccc3Br)s2)C1. The molecular formula is C15H14BrNO2S. The van der Waals surface area contributed by atoms with Gasteiger partial charge in [-0.3, -0.25) is 9.69 Å². The van der Waals surface area contributed by atoms with E-state index in [9.17, 15) is 4.79 Å². The van der Waals surface area contributed by atoms with Gasteiger partial charge in [0, 0.05) is 39.4 Å². The molecule has 1 saturated heterocycles. The number of carbonyl (C=O) groups is 1. The molecule has 0 radical (unpaired) electrons. The van der Waals surface area contributed by atoms with Crippen LogP contribution < -0.4 is 0 Å². The monoisotopic (exact) mass is 351 g/mol. The van der Waals surface area contributed by atoms with E-state index in [1.54, 1.807) is 11.3 Å². The summed E-state index contributed by atoms with van der Waals surface area (Å²) in [5, 5.41) is 8.87. The fraction of sp³-hybridized carbons (Fsp3) is 0.267. The van der Waals surface area contributed by atoms with Crippen molar-refractivity contribution in [1.29, 1.82) is 0 Å². The van der Waals surface area contributed by atoms with Crippen molar-refractivity contribution >= 4 is 33.2 Å². The van der Waals surface area contributed by atoms with Gasteiger partial charge < -0.3 is 5.11 Å². The van der Waals surface area contributed by atoms with Gasteiger partial charge in [-0.1, -0.05) is 34.1 Å².